The predicted molar refractivity (Wildman–Crippen MR) is 97.2 cm³/mol. The number of nitrogens with zero attached hydrogens (tertiary/aromatic N) is 1. The van der Waals surface area contributed by atoms with E-state index in [0.29, 0.717) is 11.3 Å². The average Bonchev–Trinajstić information content (AvgIpc) is 2.67. The van der Waals surface area contributed by atoms with Gasteiger partial charge in [-0.3, -0.25) is 9.59 Å². The van der Waals surface area contributed by atoms with Crippen LogP contribution in [0.15, 0.2) is 48.5 Å². The lowest BCUT2D eigenvalue weighted by Crippen LogP contribution is -2.47. The summed E-state index contributed by atoms with van der Waals surface area (Å²) < 4.78 is 19.0. The third-order valence-corrected chi connectivity index (χ3v) is 4.23. The quantitative estimate of drug-likeness (QED) is 0.827. The van der Waals surface area contributed by atoms with Crippen LogP contribution in [-0.2, 0) is 22.6 Å². The van der Waals surface area contributed by atoms with Crippen LogP contribution in [0, 0.1) is 5.82 Å². The van der Waals surface area contributed by atoms with Gasteiger partial charge in [0.15, 0.2) is 0 Å². The van der Waals surface area contributed by atoms with Crippen LogP contribution in [-0.4, -0.2) is 36.9 Å². The minimum atomic E-state index is -0.679. The number of methoxy groups -OCH3 is 1. The molecule has 0 aliphatic heterocycles. The van der Waals surface area contributed by atoms with Gasteiger partial charge in [-0.2, -0.15) is 0 Å². The maximum atomic E-state index is 13.9. The second kappa shape index (κ2) is 8.99. The smallest absolute Gasteiger partial charge is 0.242 e. The summed E-state index contributed by atoms with van der Waals surface area (Å²) in [6.07, 6.45) is -0.107. The summed E-state index contributed by atoms with van der Waals surface area (Å²) in [6.45, 7) is 1.90. The molecule has 0 aromatic heterocycles. The molecule has 0 fully saturated rings. The maximum Gasteiger partial charge on any atom is 0.242 e. The van der Waals surface area contributed by atoms with Gasteiger partial charge in [0, 0.05) is 13.6 Å². The Labute approximate surface area is 152 Å². The Morgan fingerprint density at radius 2 is 1.81 bits per heavy atom. The number of hydrogen-bond acceptors (Lipinski definition) is 3. The van der Waals surface area contributed by atoms with Gasteiger partial charge in [0.25, 0.3) is 0 Å². The minimum Gasteiger partial charge on any atom is -0.497 e. The Balaban J connectivity index is 2.23. The number of carbonyl (C=O) groups is 2. The van der Waals surface area contributed by atoms with Crippen LogP contribution < -0.4 is 10.1 Å². The number of rotatable bonds is 7. The van der Waals surface area contributed by atoms with Crippen molar-refractivity contribution in [1.82, 2.24) is 10.2 Å². The Hall–Kier alpha value is -2.89. The van der Waals surface area contributed by atoms with E-state index in [2.05, 4.69) is 5.32 Å². The first-order valence-corrected chi connectivity index (χ1v) is 8.33. The highest BCUT2D eigenvalue weighted by atomic mass is 19.1. The molecule has 26 heavy (non-hydrogen) atoms. The maximum absolute atomic E-state index is 13.9. The van der Waals surface area contributed by atoms with Gasteiger partial charge in [0.2, 0.25) is 11.8 Å². The van der Waals surface area contributed by atoms with E-state index in [4.69, 9.17) is 4.74 Å². The Morgan fingerprint density at radius 1 is 1.15 bits per heavy atom. The zero-order chi connectivity index (χ0) is 19.1. The highest BCUT2D eigenvalue weighted by molar-refractivity contribution is 5.88. The molecule has 0 aliphatic rings. The van der Waals surface area contributed by atoms with Gasteiger partial charge in [-0.15, -0.1) is 0 Å². The van der Waals surface area contributed by atoms with Crippen molar-refractivity contribution < 1.29 is 18.7 Å². The molecule has 1 unspecified atom stereocenters. The normalized spacial score (nSPS) is 11.5. The first-order chi connectivity index (χ1) is 12.5. The molecule has 1 atom stereocenters. The van der Waals surface area contributed by atoms with Crippen molar-refractivity contribution in [2.45, 2.75) is 25.9 Å². The Morgan fingerprint density at radius 3 is 2.38 bits per heavy atom. The van der Waals surface area contributed by atoms with Crippen LogP contribution in [0.5, 0.6) is 5.75 Å². The van der Waals surface area contributed by atoms with Crippen molar-refractivity contribution in [2.24, 2.45) is 0 Å². The molecule has 0 saturated heterocycles. The van der Waals surface area contributed by atoms with Crippen molar-refractivity contribution in [3.8, 4) is 5.75 Å². The van der Waals surface area contributed by atoms with Crippen LogP contribution >= 0.6 is 0 Å². The molecule has 2 amide bonds. The fourth-order valence-electron chi connectivity index (χ4n) is 2.63. The Kier molecular flexibility index (Phi) is 6.72. The van der Waals surface area contributed by atoms with E-state index in [1.54, 1.807) is 44.4 Å². The molecule has 0 bridgehead atoms. The van der Waals surface area contributed by atoms with Gasteiger partial charge in [-0.05, 0) is 36.2 Å². The highest BCUT2D eigenvalue weighted by Gasteiger charge is 2.26. The summed E-state index contributed by atoms with van der Waals surface area (Å²) in [5, 5.41) is 2.55. The van der Waals surface area contributed by atoms with E-state index in [0.717, 1.165) is 5.56 Å². The number of nitrogens with one attached hydrogen (secondary N) is 1. The lowest BCUT2D eigenvalue weighted by atomic mass is 10.1. The highest BCUT2D eigenvalue weighted by Crippen LogP contribution is 2.17. The zero-order valence-corrected chi connectivity index (χ0v) is 15.2. The second-order valence-corrected chi connectivity index (χ2v) is 5.93. The largest absolute Gasteiger partial charge is 0.497 e. The minimum absolute atomic E-state index is 0.107. The number of carbonyl (C=O) groups excluding carboxylic acids is 2. The summed E-state index contributed by atoms with van der Waals surface area (Å²) in [4.78, 5) is 26.3. The van der Waals surface area contributed by atoms with Crippen molar-refractivity contribution in [3.63, 3.8) is 0 Å². The monoisotopic (exact) mass is 358 g/mol. The third-order valence-electron chi connectivity index (χ3n) is 4.23. The topological polar surface area (TPSA) is 58.6 Å². The lowest BCUT2D eigenvalue weighted by Gasteiger charge is -2.28. The number of ether oxygens (including phenoxy) is 1. The molecule has 6 heteroatoms. The van der Waals surface area contributed by atoms with E-state index < -0.39 is 11.9 Å². The number of likely N-dealkylation sites (N-methyl/N-ethyl adjacent to an activating group) is 1. The summed E-state index contributed by atoms with van der Waals surface area (Å²) in [5.74, 6) is -0.322. The summed E-state index contributed by atoms with van der Waals surface area (Å²) >= 11 is 0. The van der Waals surface area contributed by atoms with Gasteiger partial charge < -0.3 is 15.0 Å². The van der Waals surface area contributed by atoms with Crippen LogP contribution in [0.3, 0.4) is 0 Å². The zero-order valence-electron chi connectivity index (χ0n) is 15.2. The molecule has 2 aromatic carbocycles. The van der Waals surface area contributed by atoms with Crippen molar-refractivity contribution in [1.29, 1.82) is 0 Å². The first kappa shape index (κ1) is 19.4. The fraction of sp³-hybridized carbons (Fsp3) is 0.300. The van der Waals surface area contributed by atoms with E-state index in [1.807, 2.05) is 12.1 Å². The number of halogens is 1. The van der Waals surface area contributed by atoms with Crippen molar-refractivity contribution >= 4 is 11.8 Å². The van der Waals surface area contributed by atoms with E-state index in [-0.39, 0.29) is 24.8 Å². The molecule has 138 valence electrons. The lowest BCUT2D eigenvalue weighted by molar-refractivity contribution is -0.139. The average molecular weight is 358 g/mol. The number of benzene rings is 2. The first-order valence-electron chi connectivity index (χ1n) is 8.33. The van der Waals surface area contributed by atoms with Crippen LogP contribution in [0.25, 0.3) is 0 Å². The van der Waals surface area contributed by atoms with Gasteiger partial charge in [-0.25, -0.2) is 4.39 Å². The molecule has 5 nitrogen and oxygen atoms in total. The van der Waals surface area contributed by atoms with Gasteiger partial charge in [0.05, 0.1) is 13.5 Å². The van der Waals surface area contributed by atoms with Crippen LogP contribution in [0.4, 0.5) is 4.39 Å². The van der Waals surface area contributed by atoms with E-state index in [1.165, 1.54) is 18.0 Å². The predicted octanol–water partition coefficient (Wildman–Crippen LogP) is 2.54. The van der Waals surface area contributed by atoms with Gasteiger partial charge >= 0.3 is 0 Å². The summed E-state index contributed by atoms with van der Waals surface area (Å²) in [6, 6.07) is 12.7. The molecule has 2 rings (SSSR count). The summed E-state index contributed by atoms with van der Waals surface area (Å²) in [7, 11) is 3.10. The number of amides is 2. The molecular formula is C20H23FN2O3. The Bertz CT molecular complexity index is 762. The molecule has 1 N–H and O–H groups in total. The van der Waals surface area contributed by atoms with E-state index in [9.17, 15) is 14.0 Å². The second-order valence-electron chi connectivity index (χ2n) is 5.93. The standard InChI is InChI=1S/C20H23FN2O3/c1-14(20(25)22-2)23(13-15-8-10-17(26-3)11-9-15)19(24)12-16-6-4-5-7-18(16)21/h4-11,14H,12-13H2,1-3H3,(H,22,25). The van der Waals surface area contributed by atoms with Crippen LogP contribution in [0.1, 0.15) is 18.1 Å². The molecular weight excluding hydrogens is 335 g/mol. The molecule has 0 saturated carbocycles. The van der Waals surface area contributed by atoms with Crippen molar-refractivity contribution in [3.05, 3.63) is 65.5 Å². The van der Waals surface area contributed by atoms with Crippen LogP contribution in [0.2, 0.25) is 0 Å². The number of hydrogen-bond donors (Lipinski definition) is 1. The molecule has 0 aliphatic carbocycles. The molecule has 0 radical (unpaired) electrons. The summed E-state index contributed by atoms with van der Waals surface area (Å²) in [5.41, 5.74) is 1.16. The molecule has 0 spiro atoms. The SMILES string of the molecule is CNC(=O)C(C)N(Cc1ccc(OC)cc1)C(=O)Cc1ccccc1F. The fourth-order valence-corrected chi connectivity index (χ4v) is 2.63. The molecule has 0 heterocycles. The van der Waals surface area contributed by atoms with Gasteiger partial charge in [0.1, 0.15) is 17.6 Å². The molecule has 2 aromatic rings. The van der Waals surface area contributed by atoms with Gasteiger partial charge in [-0.1, -0.05) is 30.3 Å². The van der Waals surface area contributed by atoms with E-state index >= 15 is 0 Å². The van der Waals surface area contributed by atoms with Crippen molar-refractivity contribution in [2.75, 3.05) is 14.2 Å². The third kappa shape index (κ3) is 4.81.